The van der Waals surface area contributed by atoms with Gasteiger partial charge in [-0.3, -0.25) is 4.98 Å². The summed E-state index contributed by atoms with van der Waals surface area (Å²) in [5, 5.41) is 10.4. The van der Waals surface area contributed by atoms with Crippen LogP contribution < -0.4 is 0 Å². The van der Waals surface area contributed by atoms with Crippen LogP contribution in [0.5, 0.6) is 0 Å². The number of hydrogen-bond donors (Lipinski definition) is 1. The van der Waals surface area contributed by atoms with Crippen molar-refractivity contribution in [1.29, 1.82) is 0 Å². The average Bonchev–Trinajstić information content (AvgIpc) is 2.32. The third-order valence-corrected chi connectivity index (χ3v) is 3.28. The van der Waals surface area contributed by atoms with Gasteiger partial charge in [0.1, 0.15) is 0 Å². The first-order chi connectivity index (χ1) is 8.90. The van der Waals surface area contributed by atoms with Crippen molar-refractivity contribution < 1.29 is 13.9 Å². The highest BCUT2D eigenvalue weighted by atomic mass is 79.9. The Labute approximate surface area is 118 Å². The normalized spacial score (nSPS) is 14.2. The number of aromatic nitrogens is 1. The van der Waals surface area contributed by atoms with Crippen LogP contribution in [0.2, 0.25) is 0 Å². The number of rotatable bonds is 3. The highest BCUT2D eigenvalue weighted by Gasteiger charge is 2.28. The zero-order valence-corrected chi connectivity index (χ0v) is 11.8. The summed E-state index contributed by atoms with van der Waals surface area (Å²) in [4.78, 5) is 3.98. The molecule has 100 valence electrons. The van der Waals surface area contributed by atoms with Crippen LogP contribution in [0, 0.1) is 11.6 Å². The molecule has 0 aliphatic carbocycles. The minimum absolute atomic E-state index is 0.0625. The summed E-state index contributed by atoms with van der Waals surface area (Å²) in [5.41, 5.74) is -0.843. The van der Waals surface area contributed by atoms with Crippen molar-refractivity contribution in [1.82, 2.24) is 4.98 Å². The second-order valence-corrected chi connectivity index (χ2v) is 5.48. The molecule has 1 unspecified atom stereocenters. The van der Waals surface area contributed by atoms with Gasteiger partial charge in [0.05, 0.1) is 5.60 Å². The molecule has 2 nitrogen and oxygen atoms in total. The second-order valence-electron chi connectivity index (χ2n) is 4.56. The third kappa shape index (κ3) is 3.16. The maximum absolute atomic E-state index is 13.7. The van der Waals surface area contributed by atoms with Gasteiger partial charge >= 0.3 is 0 Å². The molecular formula is C14H12BrF2NO. The van der Waals surface area contributed by atoms with Gasteiger partial charge in [0.25, 0.3) is 0 Å². The first-order valence-electron chi connectivity index (χ1n) is 5.66. The largest absolute Gasteiger partial charge is 0.385 e. The smallest absolute Gasteiger partial charge is 0.164 e. The van der Waals surface area contributed by atoms with Crippen LogP contribution in [-0.2, 0) is 12.0 Å². The van der Waals surface area contributed by atoms with Crippen molar-refractivity contribution >= 4 is 15.9 Å². The maximum Gasteiger partial charge on any atom is 0.164 e. The SMILES string of the molecule is CC(O)(Cc1cncc(Br)c1)c1cccc(F)c1F. The highest BCUT2D eigenvalue weighted by Crippen LogP contribution is 2.29. The predicted molar refractivity (Wildman–Crippen MR) is 71.6 cm³/mol. The fourth-order valence-corrected chi connectivity index (χ4v) is 2.38. The van der Waals surface area contributed by atoms with Crippen molar-refractivity contribution in [3.8, 4) is 0 Å². The Morgan fingerprint density at radius 2 is 2.05 bits per heavy atom. The summed E-state index contributed by atoms with van der Waals surface area (Å²) < 4.78 is 27.7. The summed E-state index contributed by atoms with van der Waals surface area (Å²) in [6, 6.07) is 5.56. The lowest BCUT2D eigenvalue weighted by atomic mass is 9.89. The van der Waals surface area contributed by atoms with Crippen LogP contribution in [0.1, 0.15) is 18.1 Å². The molecule has 2 rings (SSSR count). The monoisotopic (exact) mass is 327 g/mol. The molecule has 1 heterocycles. The Morgan fingerprint density at radius 1 is 1.32 bits per heavy atom. The van der Waals surface area contributed by atoms with Gasteiger partial charge in [0, 0.05) is 28.9 Å². The van der Waals surface area contributed by atoms with Gasteiger partial charge < -0.3 is 5.11 Å². The van der Waals surface area contributed by atoms with E-state index >= 15 is 0 Å². The Hall–Kier alpha value is -1.33. The van der Waals surface area contributed by atoms with Crippen molar-refractivity contribution in [2.75, 3.05) is 0 Å². The number of pyridine rings is 1. The Balaban J connectivity index is 2.34. The van der Waals surface area contributed by atoms with Gasteiger partial charge in [-0.05, 0) is 40.5 Å². The molecule has 1 N–H and O–H groups in total. The molecule has 0 saturated carbocycles. The molecule has 5 heteroatoms. The molecule has 2 aromatic rings. The van der Waals surface area contributed by atoms with E-state index in [0.29, 0.717) is 0 Å². The van der Waals surface area contributed by atoms with E-state index in [0.717, 1.165) is 16.1 Å². The Kier molecular flexibility index (Phi) is 3.96. The van der Waals surface area contributed by atoms with Crippen LogP contribution >= 0.6 is 15.9 Å². The lowest BCUT2D eigenvalue weighted by molar-refractivity contribution is 0.0529. The van der Waals surface area contributed by atoms with E-state index in [1.807, 2.05) is 0 Å². The molecule has 19 heavy (non-hydrogen) atoms. The van der Waals surface area contributed by atoms with Gasteiger partial charge in [-0.25, -0.2) is 8.78 Å². The summed E-state index contributed by atoms with van der Waals surface area (Å²) >= 11 is 3.27. The van der Waals surface area contributed by atoms with E-state index in [1.165, 1.54) is 19.1 Å². The van der Waals surface area contributed by atoms with Gasteiger partial charge in [-0.2, -0.15) is 0 Å². The average molecular weight is 328 g/mol. The molecule has 0 bridgehead atoms. The van der Waals surface area contributed by atoms with E-state index < -0.39 is 17.2 Å². The second kappa shape index (κ2) is 5.35. The molecule has 0 radical (unpaired) electrons. The minimum atomic E-state index is -1.51. The molecule has 0 saturated heterocycles. The molecule has 1 aromatic heterocycles. The van der Waals surface area contributed by atoms with Gasteiger partial charge in [0.2, 0.25) is 0 Å². The molecular weight excluding hydrogens is 316 g/mol. The maximum atomic E-state index is 13.7. The van der Waals surface area contributed by atoms with Gasteiger partial charge in [-0.1, -0.05) is 12.1 Å². The summed E-state index contributed by atoms with van der Waals surface area (Å²) in [5.74, 6) is -1.99. The van der Waals surface area contributed by atoms with E-state index in [-0.39, 0.29) is 12.0 Å². The lowest BCUT2D eigenvalue weighted by Gasteiger charge is -2.24. The number of hydrogen-bond acceptors (Lipinski definition) is 2. The number of nitrogens with zero attached hydrogens (tertiary/aromatic N) is 1. The number of benzene rings is 1. The van der Waals surface area contributed by atoms with Crippen molar-refractivity contribution in [3.63, 3.8) is 0 Å². The van der Waals surface area contributed by atoms with Crippen LogP contribution in [-0.4, -0.2) is 10.1 Å². The van der Waals surface area contributed by atoms with Crippen molar-refractivity contribution in [2.45, 2.75) is 18.9 Å². The van der Waals surface area contributed by atoms with E-state index in [1.54, 1.807) is 18.5 Å². The van der Waals surface area contributed by atoms with Crippen LogP contribution in [0.15, 0.2) is 41.1 Å². The summed E-state index contributed by atoms with van der Waals surface area (Å²) in [6.07, 6.45) is 3.33. The standard InChI is InChI=1S/C14H12BrF2NO/c1-14(19,6-9-5-10(15)8-18-7-9)11-3-2-4-12(16)13(11)17/h2-5,7-8,19H,6H2,1H3. The number of halogens is 3. The third-order valence-electron chi connectivity index (χ3n) is 2.84. The predicted octanol–water partition coefficient (Wildman–Crippen LogP) is 3.57. The molecule has 1 aromatic carbocycles. The molecule has 0 aliphatic rings. The lowest BCUT2D eigenvalue weighted by Crippen LogP contribution is -2.26. The van der Waals surface area contributed by atoms with Crippen LogP contribution in [0.25, 0.3) is 0 Å². The van der Waals surface area contributed by atoms with E-state index in [9.17, 15) is 13.9 Å². The van der Waals surface area contributed by atoms with Crippen molar-refractivity contribution in [3.05, 3.63) is 63.9 Å². The fraction of sp³-hybridized carbons (Fsp3) is 0.214. The van der Waals surface area contributed by atoms with E-state index in [4.69, 9.17) is 0 Å². The van der Waals surface area contributed by atoms with E-state index in [2.05, 4.69) is 20.9 Å². The fourth-order valence-electron chi connectivity index (χ4n) is 1.96. The summed E-state index contributed by atoms with van der Waals surface area (Å²) in [6.45, 7) is 1.45. The Morgan fingerprint density at radius 3 is 2.74 bits per heavy atom. The Bertz CT molecular complexity index is 602. The molecule has 0 spiro atoms. The topological polar surface area (TPSA) is 33.1 Å². The van der Waals surface area contributed by atoms with Crippen LogP contribution in [0.3, 0.4) is 0 Å². The zero-order valence-electron chi connectivity index (χ0n) is 10.2. The number of aliphatic hydroxyl groups is 1. The molecule has 0 amide bonds. The minimum Gasteiger partial charge on any atom is -0.385 e. The van der Waals surface area contributed by atoms with Crippen LogP contribution in [0.4, 0.5) is 8.78 Å². The molecule has 0 fully saturated rings. The van der Waals surface area contributed by atoms with Gasteiger partial charge in [0.15, 0.2) is 11.6 Å². The summed E-state index contributed by atoms with van der Waals surface area (Å²) in [7, 11) is 0. The zero-order chi connectivity index (χ0) is 14.0. The molecule has 1 atom stereocenters. The molecule has 0 aliphatic heterocycles. The first-order valence-corrected chi connectivity index (χ1v) is 6.46. The highest BCUT2D eigenvalue weighted by molar-refractivity contribution is 9.10. The van der Waals surface area contributed by atoms with Gasteiger partial charge in [-0.15, -0.1) is 0 Å². The first kappa shape index (κ1) is 14.1. The van der Waals surface area contributed by atoms with Crippen molar-refractivity contribution in [2.24, 2.45) is 0 Å². The quantitative estimate of drug-likeness (QED) is 0.934.